The molecule has 0 radical (unpaired) electrons. The van der Waals surface area contributed by atoms with Crippen molar-refractivity contribution in [2.45, 2.75) is 0 Å². The molecule has 4 heteroatoms. The van der Waals surface area contributed by atoms with Gasteiger partial charge >= 0.3 is 5.97 Å². The van der Waals surface area contributed by atoms with E-state index in [0.29, 0.717) is 0 Å². The lowest BCUT2D eigenvalue weighted by atomic mass is 10.1. The number of hydrogen-bond acceptors (Lipinski definition) is 3. The van der Waals surface area contributed by atoms with Gasteiger partial charge in [0.1, 0.15) is 0 Å². The van der Waals surface area contributed by atoms with Crippen LogP contribution in [0.1, 0.15) is 10.6 Å². The number of benzene rings is 1. The number of carbonyl (C=O) groups is 1. The van der Waals surface area contributed by atoms with Crippen LogP contribution in [0.5, 0.6) is 0 Å². The molecule has 0 atom stereocenters. The van der Waals surface area contributed by atoms with E-state index in [1.165, 1.54) is 13.4 Å². The van der Waals surface area contributed by atoms with Crippen molar-refractivity contribution < 1.29 is 13.9 Å². The highest BCUT2D eigenvalue weighted by Crippen LogP contribution is 2.25. The first kappa shape index (κ1) is 11.0. The molecule has 2 rings (SSSR count). The molecule has 0 aliphatic rings. The van der Waals surface area contributed by atoms with Gasteiger partial charge in [-0.05, 0) is 23.8 Å². The van der Waals surface area contributed by atoms with Gasteiger partial charge in [0, 0.05) is 10.0 Å². The Balaban J connectivity index is 2.35. The van der Waals surface area contributed by atoms with Gasteiger partial charge < -0.3 is 9.15 Å². The molecular formula is C12H9BrO3. The average Bonchev–Trinajstić information content (AvgIpc) is 2.77. The van der Waals surface area contributed by atoms with Crippen molar-refractivity contribution in [3.05, 3.63) is 46.8 Å². The van der Waals surface area contributed by atoms with Gasteiger partial charge in [-0.15, -0.1) is 0 Å². The summed E-state index contributed by atoms with van der Waals surface area (Å²) in [6.45, 7) is 0. The molecule has 82 valence electrons. The molecule has 1 heterocycles. The van der Waals surface area contributed by atoms with Gasteiger partial charge in [-0.2, -0.15) is 0 Å². The molecule has 0 saturated heterocycles. The van der Waals surface area contributed by atoms with Crippen molar-refractivity contribution in [3.8, 4) is 11.1 Å². The third kappa shape index (κ3) is 2.17. The standard InChI is InChI=1S/C12H9BrO3/c1-15-12(14)11-6-9(7-16-11)8-3-2-4-10(13)5-8/h2-7H,1H3. The first-order valence-electron chi connectivity index (χ1n) is 4.63. The van der Waals surface area contributed by atoms with Gasteiger partial charge in [0.15, 0.2) is 0 Å². The topological polar surface area (TPSA) is 39.4 Å². The highest BCUT2D eigenvalue weighted by atomic mass is 79.9. The fourth-order valence-corrected chi connectivity index (χ4v) is 1.76. The van der Waals surface area contributed by atoms with Crippen molar-refractivity contribution in [2.24, 2.45) is 0 Å². The fourth-order valence-electron chi connectivity index (χ4n) is 1.36. The van der Waals surface area contributed by atoms with Gasteiger partial charge in [0.05, 0.1) is 13.4 Å². The highest BCUT2D eigenvalue weighted by Gasteiger charge is 2.11. The first-order valence-corrected chi connectivity index (χ1v) is 5.43. The van der Waals surface area contributed by atoms with Crippen LogP contribution < -0.4 is 0 Å². The van der Waals surface area contributed by atoms with Gasteiger partial charge in [0.25, 0.3) is 0 Å². The molecule has 0 saturated carbocycles. The summed E-state index contributed by atoms with van der Waals surface area (Å²) in [6, 6.07) is 9.41. The lowest BCUT2D eigenvalue weighted by Gasteiger charge is -1.96. The summed E-state index contributed by atoms with van der Waals surface area (Å²) in [4.78, 5) is 11.2. The smallest absolute Gasteiger partial charge is 0.373 e. The number of methoxy groups -OCH3 is 1. The average molecular weight is 281 g/mol. The largest absolute Gasteiger partial charge is 0.463 e. The van der Waals surface area contributed by atoms with Crippen LogP contribution in [0, 0.1) is 0 Å². The minimum atomic E-state index is -0.471. The molecule has 0 fully saturated rings. The summed E-state index contributed by atoms with van der Waals surface area (Å²) < 4.78 is 10.7. The third-order valence-electron chi connectivity index (χ3n) is 2.14. The highest BCUT2D eigenvalue weighted by molar-refractivity contribution is 9.10. The zero-order valence-electron chi connectivity index (χ0n) is 8.57. The Labute approximate surface area is 101 Å². The zero-order chi connectivity index (χ0) is 11.5. The monoisotopic (exact) mass is 280 g/mol. The van der Waals surface area contributed by atoms with E-state index in [1.807, 2.05) is 24.3 Å². The van der Waals surface area contributed by atoms with Crippen molar-refractivity contribution in [1.29, 1.82) is 0 Å². The Morgan fingerprint density at radius 2 is 2.12 bits per heavy atom. The summed E-state index contributed by atoms with van der Waals surface area (Å²) in [5.41, 5.74) is 1.83. The normalized spacial score (nSPS) is 10.1. The van der Waals surface area contributed by atoms with Crippen LogP contribution in [0.4, 0.5) is 0 Å². The lowest BCUT2D eigenvalue weighted by Crippen LogP contribution is -1.98. The van der Waals surface area contributed by atoms with E-state index in [-0.39, 0.29) is 5.76 Å². The predicted molar refractivity (Wildman–Crippen MR) is 63.2 cm³/mol. The van der Waals surface area contributed by atoms with E-state index in [4.69, 9.17) is 4.42 Å². The molecule has 0 bridgehead atoms. The van der Waals surface area contributed by atoms with Crippen molar-refractivity contribution in [3.63, 3.8) is 0 Å². The SMILES string of the molecule is COC(=O)c1cc(-c2cccc(Br)c2)co1. The van der Waals surface area contributed by atoms with Crippen LogP contribution in [0.25, 0.3) is 11.1 Å². The van der Waals surface area contributed by atoms with Crippen LogP contribution in [0.15, 0.2) is 45.5 Å². The Morgan fingerprint density at radius 3 is 2.81 bits per heavy atom. The van der Waals surface area contributed by atoms with E-state index < -0.39 is 5.97 Å². The molecule has 0 aliphatic heterocycles. The van der Waals surface area contributed by atoms with Crippen LogP contribution in [-0.2, 0) is 4.74 Å². The molecule has 0 unspecified atom stereocenters. The summed E-state index contributed by atoms with van der Waals surface area (Å²) in [5, 5.41) is 0. The fraction of sp³-hybridized carbons (Fsp3) is 0.0833. The zero-order valence-corrected chi connectivity index (χ0v) is 10.2. The van der Waals surface area contributed by atoms with Crippen molar-refractivity contribution >= 4 is 21.9 Å². The summed E-state index contributed by atoms with van der Waals surface area (Å²) in [7, 11) is 1.32. The molecule has 1 aromatic carbocycles. The summed E-state index contributed by atoms with van der Waals surface area (Å²) >= 11 is 3.39. The molecule has 1 aromatic heterocycles. The molecule has 16 heavy (non-hydrogen) atoms. The quantitative estimate of drug-likeness (QED) is 0.791. The molecular weight excluding hydrogens is 272 g/mol. The second kappa shape index (κ2) is 4.53. The minimum absolute atomic E-state index is 0.206. The van der Waals surface area contributed by atoms with Gasteiger partial charge in [0.2, 0.25) is 5.76 Å². The number of halogens is 1. The molecule has 0 N–H and O–H groups in total. The Kier molecular flexibility index (Phi) is 3.10. The molecule has 3 nitrogen and oxygen atoms in total. The first-order chi connectivity index (χ1) is 7.70. The minimum Gasteiger partial charge on any atom is -0.463 e. The maximum Gasteiger partial charge on any atom is 0.373 e. The van der Waals surface area contributed by atoms with Gasteiger partial charge in [-0.1, -0.05) is 28.1 Å². The maximum atomic E-state index is 11.2. The summed E-state index contributed by atoms with van der Waals surface area (Å²) in [5.74, 6) is -0.265. The van der Waals surface area contributed by atoms with Crippen molar-refractivity contribution in [1.82, 2.24) is 0 Å². The maximum absolute atomic E-state index is 11.2. The number of furan rings is 1. The molecule has 2 aromatic rings. The Morgan fingerprint density at radius 1 is 1.31 bits per heavy atom. The van der Waals surface area contributed by atoms with Crippen LogP contribution in [-0.4, -0.2) is 13.1 Å². The van der Waals surface area contributed by atoms with E-state index in [1.54, 1.807) is 6.07 Å². The van der Waals surface area contributed by atoms with Crippen LogP contribution in [0.3, 0.4) is 0 Å². The number of carbonyl (C=O) groups excluding carboxylic acids is 1. The van der Waals surface area contributed by atoms with Crippen LogP contribution in [0.2, 0.25) is 0 Å². The van der Waals surface area contributed by atoms with E-state index in [0.717, 1.165) is 15.6 Å². The molecule has 0 aliphatic carbocycles. The number of esters is 1. The Hall–Kier alpha value is -1.55. The van der Waals surface area contributed by atoms with E-state index in [9.17, 15) is 4.79 Å². The number of hydrogen-bond donors (Lipinski definition) is 0. The second-order valence-corrected chi connectivity index (χ2v) is 4.12. The molecule has 0 amide bonds. The molecule has 0 spiro atoms. The van der Waals surface area contributed by atoms with Gasteiger partial charge in [-0.3, -0.25) is 0 Å². The number of rotatable bonds is 2. The second-order valence-electron chi connectivity index (χ2n) is 3.20. The predicted octanol–water partition coefficient (Wildman–Crippen LogP) is 3.50. The number of ether oxygens (including phenoxy) is 1. The van der Waals surface area contributed by atoms with Gasteiger partial charge in [-0.25, -0.2) is 4.79 Å². The summed E-state index contributed by atoms with van der Waals surface area (Å²) in [6.07, 6.45) is 1.54. The van der Waals surface area contributed by atoms with Crippen LogP contribution >= 0.6 is 15.9 Å². The Bertz CT molecular complexity index is 516. The van der Waals surface area contributed by atoms with E-state index in [2.05, 4.69) is 20.7 Å². The lowest BCUT2D eigenvalue weighted by molar-refractivity contribution is 0.0565. The van der Waals surface area contributed by atoms with Crippen molar-refractivity contribution in [2.75, 3.05) is 7.11 Å². The van der Waals surface area contributed by atoms with E-state index >= 15 is 0 Å². The third-order valence-corrected chi connectivity index (χ3v) is 2.64.